The van der Waals surface area contributed by atoms with Crippen molar-refractivity contribution in [3.8, 4) is 5.75 Å². The van der Waals surface area contributed by atoms with Crippen LogP contribution in [0.3, 0.4) is 0 Å². The van der Waals surface area contributed by atoms with Crippen molar-refractivity contribution in [3.05, 3.63) is 40.9 Å². The maximum Gasteiger partial charge on any atom is 0.252 e. The van der Waals surface area contributed by atoms with Crippen molar-refractivity contribution in [2.45, 2.75) is 39.8 Å². The summed E-state index contributed by atoms with van der Waals surface area (Å²) in [6.07, 6.45) is 3.29. The maximum atomic E-state index is 13.0. The van der Waals surface area contributed by atoms with Gasteiger partial charge in [0.25, 0.3) is 6.23 Å². The molecule has 0 bridgehead atoms. The molecule has 7 heteroatoms. The largest absolute Gasteiger partial charge is 0.460 e. The first kappa shape index (κ1) is 17.8. The fraction of sp³-hybridized carbons (Fsp3) is 0.438. The zero-order valence-electron chi connectivity index (χ0n) is 13.3. The van der Waals surface area contributed by atoms with Crippen molar-refractivity contribution < 1.29 is 9.53 Å². The number of ether oxygens (including phenoxy) is 1. The molecule has 1 aromatic carbocycles. The summed E-state index contributed by atoms with van der Waals surface area (Å²) in [6, 6.07) is 4.86. The molecule has 0 fully saturated rings. The minimum Gasteiger partial charge on any atom is -0.460 e. The number of Topliss-reactive ketones (excluding diaryl/α,β-unsaturated/α-hetero) is 1. The van der Waals surface area contributed by atoms with Crippen molar-refractivity contribution in [2.75, 3.05) is 0 Å². The highest BCUT2D eigenvalue weighted by Crippen LogP contribution is 2.35. The van der Waals surface area contributed by atoms with E-state index in [0.717, 1.165) is 0 Å². The van der Waals surface area contributed by atoms with E-state index in [1.165, 1.54) is 17.3 Å². The first-order chi connectivity index (χ1) is 10.9. The van der Waals surface area contributed by atoms with Gasteiger partial charge in [-0.3, -0.25) is 4.79 Å². The van der Waals surface area contributed by atoms with Gasteiger partial charge in [0.15, 0.2) is 0 Å². The Morgan fingerprint density at radius 1 is 1.35 bits per heavy atom. The Bertz CT molecular complexity index is 670. The molecule has 0 aliphatic heterocycles. The van der Waals surface area contributed by atoms with Gasteiger partial charge < -0.3 is 4.74 Å². The highest BCUT2D eigenvalue weighted by atomic mass is 35.5. The van der Waals surface area contributed by atoms with Gasteiger partial charge in [0, 0.05) is 10.4 Å². The van der Waals surface area contributed by atoms with Gasteiger partial charge in [-0.25, -0.2) is 9.67 Å². The van der Waals surface area contributed by atoms with Crippen molar-refractivity contribution in [3.63, 3.8) is 0 Å². The van der Waals surface area contributed by atoms with Crippen LogP contribution in [0.4, 0.5) is 0 Å². The fourth-order valence-corrected chi connectivity index (χ4v) is 2.61. The fourth-order valence-electron chi connectivity index (χ4n) is 2.15. The smallest absolute Gasteiger partial charge is 0.252 e. The first-order valence-electron chi connectivity index (χ1n) is 7.41. The summed E-state index contributed by atoms with van der Waals surface area (Å²) in [5, 5.41) is 4.89. The van der Waals surface area contributed by atoms with E-state index >= 15 is 0 Å². The Kier molecular flexibility index (Phi) is 5.65. The van der Waals surface area contributed by atoms with Crippen LogP contribution in [0.5, 0.6) is 5.75 Å². The third-order valence-corrected chi connectivity index (χ3v) is 4.72. The third kappa shape index (κ3) is 3.85. The van der Waals surface area contributed by atoms with Gasteiger partial charge in [0.05, 0.1) is 5.02 Å². The predicted molar refractivity (Wildman–Crippen MR) is 89.8 cm³/mol. The number of carbonyl (C=O) groups is 1. The number of carbonyl (C=O) groups excluding carboxylic acids is 1. The molecular formula is C16H19Cl2N3O2. The minimum absolute atomic E-state index is 0.0704. The lowest BCUT2D eigenvalue weighted by Gasteiger charge is -2.30. The number of rotatable bonds is 7. The van der Waals surface area contributed by atoms with Gasteiger partial charge in [-0.1, -0.05) is 44.0 Å². The van der Waals surface area contributed by atoms with Crippen LogP contribution in [0, 0.1) is 5.41 Å². The van der Waals surface area contributed by atoms with E-state index in [2.05, 4.69) is 10.1 Å². The second kappa shape index (κ2) is 7.32. The van der Waals surface area contributed by atoms with Crippen molar-refractivity contribution in [2.24, 2.45) is 5.41 Å². The molecule has 0 N–H and O–H groups in total. The number of ketones is 1. The van der Waals surface area contributed by atoms with E-state index < -0.39 is 11.6 Å². The summed E-state index contributed by atoms with van der Waals surface area (Å²) in [7, 11) is 0. The monoisotopic (exact) mass is 355 g/mol. The van der Waals surface area contributed by atoms with Crippen LogP contribution in [0.25, 0.3) is 0 Å². The lowest BCUT2D eigenvalue weighted by atomic mass is 9.79. The number of halogens is 2. The minimum atomic E-state index is -0.930. The summed E-state index contributed by atoms with van der Waals surface area (Å²) in [5.74, 6) is 0.304. The number of hydrogen-bond acceptors (Lipinski definition) is 4. The van der Waals surface area contributed by atoms with E-state index in [0.29, 0.717) is 28.6 Å². The average Bonchev–Trinajstić information content (AvgIpc) is 3.07. The Labute approximate surface area is 145 Å². The van der Waals surface area contributed by atoms with E-state index in [1.807, 2.05) is 20.8 Å². The molecule has 0 aliphatic rings. The topological polar surface area (TPSA) is 57.0 Å². The van der Waals surface area contributed by atoms with E-state index in [4.69, 9.17) is 27.9 Å². The molecule has 2 rings (SSSR count). The van der Waals surface area contributed by atoms with Gasteiger partial charge in [0.2, 0.25) is 5.78 Å². The molecule has 23 heavy (non-hydrogen) atoms. The number of benzene rings is 1. The number of hydrogen-bond donors (Lipinski definition) is 0. The summed E-state index contributed by atoms with van der Waals surface area (Å²) in [4.78, 5) is 16.9. The Morgan fingerprint density at radius 2 is 2.04 bits per heavy atom. The van der Waals surface area contributed by atoms with E-state index in [-0.39, 0.29) is 5.78 Å². The van der Waals surface area contributed by atoms with Crippen LogP contribution in [0.2, 0.25) is 10.0 Å². The highest BCUT2D eigenvalue weighted by molar-refractivity contribution is 6.35. The van der Waals surface area contributed by atoms with Crippen LogP contribution >= 0.6 is 23.2 Å². The summed E-state index contributed by atoms with van der Waals surface area (Å²) < 4.78 is 7.28. The molecule has 0 saturated heterocycles. The average molecular weight is 356 g/mol. The quantitative estimate of drug-likeness (QED) is 0.730. The number of nitrogens with zero attached hydrogens (tertiary/aromatic N) is 3. The molecule has 1 unspecified atom stereocenters. The van der Waals surface area contributed by atoms with Crippen LogP contribution in [-0.4, -0.2) is 20.5 Å². The Morgan fingerprint density at radius 3 is 2.57 bits per heavy atom. The van der Waals surface area contributed by atoms with Gasteiger partial charge >= 0.3 is 0 Å². The normalized spacial score (nSPS) is 12.9. The van der Waals surface area contributed by atoms with Gasteiger partial charge in [-0.05, 0) is 31.0 Å². The Balaban J connectivity index is 2.38. The zero-order valence-corrected chi connectivity index (χ0v) is 14.8. The lowest BCUT2D eigenvalue weighted by Crippen LogP contribution is -2.37. The van der Waals surface area contributed by atoms with Crippen LogP contribution in [-0.2, 0) is 4.79 Å². The maximum absolute atomic E-state index is 13.0. The SMILES string of the molecule is CCC(C)(CC)C(=O)C(Oc1ccc(Cl)cc1Cl)n1cncn1. The van der Waals surface area contributed by atoms with Crippen LogP contribution < -0.4 is 4.74 Å². The zero-order chi connectivity index (χ0) is 17.0. The van der Waals surface area contributed by atoms with Gasteiger partial charge in [-0.15, -0.1) is 0 Å². The molecule has 5 nitrogen and oxygen atoms in total. The molecule has 2 aromatic rings. The standard InChI is InChI=1S/C16H19Cl2N3O2/c1-4-16(3,5-2)14(22)15(21-10-19-9-20-21)23-13-7-6-11(17)8-12(13)18/h6-10,15H,4-5H2,1-3H3. The lowest BCUT2D eigenvalue weighted by molar-refractivity contribution is -0.140. The summed E-state index contributed by atoms with van der Waals surface area (Å²) >= 11 is 12.1. The third-order valence-electron chi connectivity index (χ3n) is 4.19. The Hall–Kier alpha value is -1.59. The molecule has 1 heterocycles. The summed E-state index contributed by atoms with van der Waals surface area (Å²) in [6.45, 7) is 5.89. The first-order valence-corrected chi connectivity index (χ1v) is 8.17. The van der Waals surface area contributed by atoms with Crippen LogP contribution in [0.1, 0.15) is 39.8 Å². The molecule has 1 aromatic heterocycles. The molecule has 0 saturated carbocycles. The molecular weight excluding hydrogens is 337 g/mol. The van der Waals surface area contributed by atoms with E-state index in [9.17, 15) is 4.79 Å². The molecule has 0 radical (unpaired) electrons. The summed E-state index contributed by atoms with van der Waals surface area (Å²) in [5.41, 5.74) is -0.518. The number of aromatic nitrogens is 3. The molecule has 0 amide bonds. The second-order valence-electron chi connectivity index (χ2n) is 5.55. The second-order valence-corrected chi connectivity index (χ2v) is 6.40. The predicted octanol–water partition coefficient (Wildman–Crippen LogP) is 4.56. The molecule has 0 spiro atoms. The highest BCUT2D eigenvalue weighted by Gasteiger charge is 2.38. The molecule has 0 aliphatic carbocycles. The van der Waals surface area contributed by atoms with Crippen molar-refractivity contribution >= 4 is 29.0 Å². The van der Waals surface area contributed by atoms with Crippen LogP contribution in [0.15, 0.2) is 30.9 Å². The van der Waals surface area contributed by atoms with Gasteiger partial charge in [0.1, 0.15) is 18.4 Å². The van der Waals surface area contributed by atoms with E-state index in [1.54, 1.807) is 18.2 Å². The van der Waals surface area contributed by atoms with Crippen molar-refractivity contribution in [1.82, 2.24) is 14.8 Å². The van der Waals surface area contributed by atoms with Gasteiger partial charge in [-0.2, -0.15) is 5.10 Å². The molecule has 1 atom stereocenters. The van der Waals surface area contributed by atoms with Crippen molar-refractivity contribution in [1.29, 1.82) is 0 Å². The molecule has 124 valence electrons.